The Kier molecular flexibility index (Phi) is 4.65. The third kappa shape index (κ3) is 3.33. The first kappa shape index (κ1) is 20.2. The Hall–Kier alpha value is -2.76. The maximum absolute atomic E-state index is 13.6. The van der Waals surface area contributed by atoms with E-state index in [0.717, 1.165) is 5.70 Å². The lowest BCUT2D eigenvalue weighted by Gasteiger charge is -2.38. The van der Waals surface area contributed by atoms with Crippen molar-refractivity contribution in [3.05, 3.63) is 91.3 Å². The lowest BCUT2D eigenvalue weighted by Crippen LogP contribution is -2.35. The van der Waals surface area contributed by atoms with Gasteiger partial charge in [0.25, 0.3) is 5.56 Å². The van der Waals surface area contributed by atoms with Gasteiger partial charge in [-0.15, -0.1) is 0 Å². The molecular formula is C24H21Cl2N3O2. The third-order valence-corrected chi connectivity index (χ3v) is 6.55. The van der Waals surface area contributed by atoms with Gasteiger partial charge < -0.3 is 5.32 Å². The van der Waals surface area contributed by atoms with Crippen molar-refractivity contribution >= 4 is 34.8 Å². The molecule has 0 unspecified atom stereocenters. The molecule has 0 bridgehead atoms. The summed E-state index contributed by atoms with van der Waals surface area (Å²) < 4.78 is 1.50. The van der Waals surface area contributed by atoms with Crippen LogP contribution in [0.5, 0.6) is 0 Å². The Morgan fingerprint density at radius 3 is 2.48 bits per heavy atom. The number of ketones is 1. The fourth-order valence-corrected chi connectivity index (χ4v) is 5.21. The van der Waals surface area contributed by atoms with E-state index in [1.165, 1.54) is 4.68 Å². The van der Waals surface area contributed by atoms with Crippen LogP contribution in [0, 0.1) is 5.41 Å². The highest BCUT2D eigenvalue weighted by molar-refractivity contribution is 6.35. The molecule has 0 spiro atoms. The number of fused-ring (bicyclic) bond motifs is 1. The van der Waals surface area contributed by atoms with Crippen LogP contribution in [-0.2, 0) is 4.79 Å². The topological polar surface area (TPSA) is 66.9 Å². The second kappa shape index (κ2) is 7.14. The molecule has 2 aromatic carbocycles. The predicted molar refractivity (Wildman–Crippen MR) is 123 cm³/mol. The van der Waals surface area contributed by atoms with Crippen molar-refractivity contribution in [1.82, 2.24) is 9.78 Å². The van der Waals surface area contributed by atoms with Crippen LogP contribution in [0.2, 0.25) is 10.0 Å². The van der Waals surface area contributed by atoms with Crippen LogP contribution in [0.1, 0.15) is 43.7 Å². The number of hydrogen-bond acceptors (Lipinski definition) is 3. The summed E-state index contributed by atoms with van der Waals surface area (Å²) in [5.41, 5.74) is 2.98. The van der Waals surface area contributed by atoms with E-state index < -0.39 is 5.92 Å². The monoisotopic (exact) mass is 453 g/mol. The first-order valence-corrected chi connectivity index (χ1v) is 10.9. The van der Waals surface area contributed by atoms with E-state index in [1.807, 2.05) is 30.3 Å². The van der Waals surface area contributed by atoms with Gasteiger partial charge in [-0.2, -0.15) is 0 Å². The number of nitrogens with one attached hydrogen (secondary N) is 2. The van der Waals surface area contributed by atoms with Crippen molar-refractivity contribution in [2.45, 2.75) is 32.6 Å². The van der Waals surface area contributed by atoms with Gasteiger partial charge in [-0.1, -0.05) is 61.3 Å². The number of aromatic nitrogens is 2. The van der Waals surface area contributed by atoms with Crippen LogP contribution in [0.15, 0.2) is 64.6 Å². The molecule has 5 nitrogen and oxygen atoms in total. The molecule has 1 atom stereocenters. The van der Waals surface area contributed by atoms with E-state index in [4.69, 9.17) is 23.2 Å². The summed E-state index contributed by atoms with van der Waals surface area (Å²) >= 11 is 12.7. The summed E-state index contributed by atoms with van der Waals surface area (Å²) in [5, 5.41) is 7.50. The van der Waals surface area contributed by atoms with Gasteiger partial charge >= 0.3 is 0 Å². The molecule has 0 amide bonds. The van der Waals surface area contributed by atoms with Gasteiger partial charge in [0.1, 0.15) is 5.82 Å². The van der Waals surface area contributed by atoms with E-state index >= 15 is 0 Å². The SMILES string of the molecule is CC1(C)CC(=O)C2=C(C1)Nc1[nH]n(-c3ccccc3)c(=O)c1[C@@H]2c1ccc(Cl)cc1Cl. The molecule has 31 heavy (non-hydrogen) atoms. The van der Waals surface area contributed by atoms with Crippen molar-refractivity contribution < 1.29 is 4.79 Å². The molecule has 1 aliphatic carbocycles. The van der Waals surface area contributed by atoms with Gasteiger partial charge in [0.2, 0.25) is 0 Å². The molecule has 0 saturated heterocycles. The Labute approximate surface area is 189 Å². The summed E-state index contributed by atoms with van der Waals surface area (Å²) in [7, 11) is 0. The van der Waals surface area contributed by atoms with Crippen molar-refractivity contribution in [2.75, 3.05) is 5.32 Å². The number of rotatable bonds is 2. The van der Waals surface area contributed by atoms with Crippen LogP contribution in [0.25, 0.3) is 5.69 Å². The minimum atomic E-state index is -0.562. The van der Waals surface area contributed by atoms with Crippen molar-refractivity contribution in [3.8, 4) is 5.69 Å². The molecule has 0 saturated carbocycles. The predicted octanol–water partition coefficient (Wildman–Crippen LogP) is 5.67. The molecule has 3 aromatic rings. The molecule has 2 N–H and O–H groups in total. The zero-order chi connectivity index (χ0) is 21.9. The standard InChI is InChI=1S/C24H21Cl2N3O2/c1-24(2)11-17-20(18(30)12-24)19(15-9-8-13(25)10-16(15)26)21-22(27-17)28-29(23(21)31)14-6-4-3-5-7-14/h3-10,19,27-28H,11-12H2,1-2H3/t19-/m1/s1. The Balaban J connectivity index is 1.77. The van der Waals surface area contributed by atoms with Gasteiger partial charge in [-0.3, -0.25) is 14.7 Å². The largest absolute Gasteiger partial charge is 0.343 e. The van der Waals surface area contributed by atoms with Gasteiger partial charge in [-0.05, 0) is 41.7 Å². The summed E-state index contributed by atoms with van der Waals surface area (Å²) in [6.45, 7) is 4.15. The normalized spacial score (nSPS) is 19.6. The second-order valence-corrected chi connectivity index (χ2v) is 9.78. The number of benzene rings is 2. The highest BCUT2D eigenvalue weighted by atomic mass is 35.5. The van der Waals surface area contributed by atoms with Crippen LogP contribution in [0.3, 0.4) is 0 Å². The van der Waals surface area contributed by atoms with E-state index in [9.17, 15) is 9.59 Å². The van der Waals surface area contributed by atoms with Crippen LogP contribution in [0.4, 0.5) is 5.82 Å². The zero-order valence-corrected chi connectivity index (χ0v) is 18.6. The fourth-order valence-electron chi connectivity index (χ4n) is 4.70. The quantitative estimate of drug-likeness (QED) is 0.524. The molecule has 5 rings (SSSR count). The number of anilines is 1. The van der Waals surface area contributed by atoms with Crippen molar-refractivity contribution in [1.29, 1.82) is 0 Å². The van der Waals surface area contributed by atoms with E-state index in [1.54, 1.807) is 18.2 Å². The maximum Gasteiger partial charge on any atom is 0.277 e. The molecule has 2 heterocycles. The van der Waals surface area contributed by atoms with Crippen molar-refractivity contribution in [2.24, 2.45) is 5.41 Å². The number of para-hydroxylation sites is 1. The molecule has 158 valence electrons. The minimum absolute atomic E-state index is 0.0345. The molecular weight excluding hydrogens is 433 g/mol. The third-order valence-electron chi connectivity index (χ3n) is 5.99. The molecule has 1 aliphatic heterocycles. The molecule has 0 radical (unpaired) electrons. The number of carbonyl (C=O) groups is 1. The van der Waals surface area contributed by atoms with E-state index in [2.05, 4.69) is 24.3 Å². The number of H-pyrrole nitrogens is 1. The molecule has 7 heteroatoms. The Bertz CT molecular complexity index is 1300. The van der Waals surface area contributed by atoms with E-state index in [-0.39, 0.29) is 16.8 Å². The van der Waals surface area contributed by atoms with Crippen molar-refractivity contribution in [3.63, 3.8) is 0 Å². The summed E-state index contributed by atoms with van der Waals surface area (Å²) in [4.78, 5) is 26.9. The summed E-state index contributed by atoms with van der Waals surface area (Å²) in [6.07, 6.45) is 1.12. The average molecular weight is 454 g/mol. The summed E-state index contributed by atoms with van der Waals surface area (Å²) in [5.74, 6) is 0.0646. The van der Waals surface area contributed by atoms with Crippen LogP contribution >= 0.6 is 23.2 Å². The van der Waals surface area contributed by atoms with Gasteiger partial charge in [0, 0.05) is 33.7 Å². The maximum atomic E-state index is 13.6. The number of nitrogens with zero attached hydrogens (tertiary/aromatic N) is 1. The Morgan fingerprint density at radius 1 is 1.03 bits per heavy atom. The zero-order valence-electron chi connectivity index (χ0n) is 17.1. The second-order valence-electron chi connectivity index (χ2n) is 8.93. The lowest BCUT2D eigenvalue weighted by molar-refractivity contribution is -0.118. The smallest absolute Gasteiger partial charge is 0.277 e. The fraction of sp³-hybridized carbons (Fsp3) is 0.250. The molecule has 0 fully saturated rings. The van der Waals surface area contributed by atoms with Crippen LogP contribution < -0.4 is 10.9 Å². The number of hydrogen-bond donors (Lipinski definition) is 2. The number of Topliss-reactive ketones (excluding diaryl/α,β-unsaturated/α-hetero) is 1. The van der Waals surface area contributed by atoms with Crippen LogP contribution in [-0.4, -0.2) is 15.6 Å². The number of halogens is 2. The average Bonchev–Trinajstić information content (AvgIpc) is 3.03. The highest BCUT2D eigenvalue weighted by Gasteiger charge is 2.43. The van der Waals surface area contributed by atoms with Gasteiger partial charge in [-0.25, -0.2) is 4.68 Å². The Morgan fingerprint density at radius 2 is 1.77 bits per heavy atom. The van der Waals surface area contributed by atoms with Gasteiger partial charge in [0.05, 0.1) is 11.3 Å². The first-order valence-electron chi connectivity index (χ1n) is 10.1. The van der Waals surface area contributed by atoms with Gasteiger partial charge in [0.15, 0.2) is 5.78 Å². The number of aromatic amines is 1. The summed E-state index contributed by atoms with van der Waals surface area (Å²) in [6, 6.07) is 14.6. The first-order chi connectivity index (χ1) is 14.7. The highest BCUT2D eigenvalue weighted by Crippen LogP contribution is 2.49. The lowest BCUT2D eigenvalue weighted by atomic mass is 9.69. The molecule has 1 aromatic heterocycles. The minimum Gasteiger partial charge on any atom is -0.343 e. The number of carbonyl (C=O) groups excluding carboxylic acids is 1. The number of allylic oxidation sites excluding steroid dienone is 2. The van der Waals surface area contributed by atoms with E-state index in [0.29, 0.717) is 51.1 Å². The molecule has 2 aliphatic rings.